The Balaban J connectivity index is 2.23. The summed E-state index contributed by atoms with van der Waals surface area (Å²) >= 11 is 0. The minimum Gasteiger partial charge on any atom is -0.376 e. The average molecular weight is 220 g/mol. The fraction of sp³-hybridized carbons (Fsp3) is 0.462. The average Bonchev–Trinajstić information content (AvgIpc) is 2.29. The van der Waals surface area contributed by atoms with Crippen LogP contribution in [0.5, 0.6) is 0 Å². The molecule has 0 aliphatic carbocycles. The summed E-state index contributed by atoms with van der Waals surface area (Å²) in [4.78, 5) is 11.4. The highest BCUT2D eigenvalue weighted by atomic mass is 16.1. The van der Waals surface area contributed by atoms with Gasteiger partial charge in [-0.3, -0.25) is 4.79 Å². The summed E-state index contributed by atoms with van der Waals surface area (Å²) in [7, 11) is 0. The van der Waals surface area contributed by atoms with Crippen LogP contribution < -0.4 is 10.6 Å². The third-order valence-electron chi connectivity index (χ3n) is 2.36. The van der Waals surface area contributed by atoms with Gasteiger partial charge in [0.05, 0.1) is 6.54 Å². The molecule has 0 spiro atoms. The second-order valence-electron chi connectivity index (χ2n) is 3.92. The first-order valence-electron chi connectivity index (χ1n) is 5.79. The molecular weight excluding hydrogens is 200 g/mol. The molecule has 0 aromatic heterocycles. The van der Waals surface area contributed by atoms with Crippen LogP contribution >= 0.6 is 0 Å². The van der Waals surface area contributed by atoms with Crippen LogP contribution in [-0.2, 0) is 4.79 Å². The molecule has 0 atom stereocenters. The van der Waals surface area contributed by atoms with E-state index in [4.69, 9.17) is 0 Å². The molecule has 0 fully saturated rings. The Morgan fingerprint density at radius 2 is 1.94 bits per heavy atom. The van der Waals surface area contributed by atoms with E-state index in [1.165, 1.54) is 5.56 Å². The van der Waals surface area contributed by atoms with Crippen LogP contribution in [0, 0.1) is 6.92 Å². The van der Waals surface area contributed by atoms with Crippen molar-refractivity contribution in [1.29, 1.82) is 0 Å². The molecule has 0 unspecified atom stereocenters. The normalized spacial score (nSPS) is 9.88. The lowest BCUT2D eigenvalue weighted by Gasteiger charge is -2.07. The zero-order valence-corrected chi connectivity index (χ0v) is 10.0. The Morgan fingerprint density at radius 1 is 1.25 bits per heavy atom. The van der Waals surface area contributed by atoms with Crippen molar-refractivity contribution in [2.45, 2.75) is 26.7 Å². The maximum atomic E-state index is 11.4. The summed E-state index contributed by atoms with van der Waals surface area (Å²) < 4.78 is 0. The van der Waals surface area contributed by atoms with E-state index in [0.717, 1.165) is 25.1 Å². The van der Waals surface area contributed by atoms with Crippen LogP contribution in [-0.4, -0.2) is 19.0 Å². The Kier molecular flexibility index (Phi) is 5.40. The van der Waals surface area contributed by atoms with E-state index in [1.54, 1.807) is 0 Å². The molecule has 1 aromatic carbocycles. The molecule has 1 aromatic rings. The molecule has 0 radical (unpaired) electrons. The molecule has 0 bridgehead atoms. The molecule has 0 aliphatic heterocycles. The van der Waals surface area contributed by atoms with Gasteiger partial charge in [-0.2, -0.15) is 0 Å². The Labute approximate surface area is 97.2 Å². The molecule has 16 heavy (non-hydrogen) atoms. The fourth-order valence-electron chi connectivity index (χ4n) is 1.32. The number of unbranched alkanes of at least 4 members (excludes halogenated alkanes) is 1. The van der Waals surface area contributed by atoms with Gasteiger partial charge in [0.25, 0.3) is 0 Å². The quantitative estimate of drug-likeness (QED) is 0.722. The van der Waals surface area contributed by atoms with Crippen molar-refractivity contribution < 1.29 is 4.79 Å². The topological polar surface area (TPSA) is 41.1 Å². The van der Waals surface area contributed by atoms with Crippen LogP contribution in [0.15, 0.2) is 24.3 Å². The molecule has 0 saturated heterocycles. The lowest BCUT2D eigenvalue weighted by atomic mass is 10.2. The number of anilines is 1. The molecule has 1 rings (SSSR count). The number of benzene rings is 1. The van der Waals surface area contributed by atoms with Gasteiger partial charge < -0.3 is 10.6 Å². The predicted molar refractivity (Wildman–Crippen MR) is 67.6 cm³/mol. The molecular formula is C13H20N2O. The lowest BCUT2D eigenvalue weighted by Crippen LogP contribution is -2.30. The van der Waals surface area contributed by atoms with Crippen molar-refractivity contribution in [3.05, 3.63) is 29.8 Å². The van der Waals surface area contributed by atoms with Gasteiger partial charge in [0.15, 0.2) is 0 Å². The van der Waals surface area contributed by atoms with Crippen molar-refractivity contribution in [2.75, 3.05) is 18.4 Å². The third kappa shape index (κ3) is 4.82. The van der Waals surface area contributed by atoms with E-state index in [-0.39, 0.29) is 5.91 Å². The minimum absolute atomic E-state index is 0.0500. The van der Waals surface area contributed by atoms with Gasteiger partial charge in [0, 0.05) is 12.2 Å². The van der Waals surface area contributed by atoms with Crippen molar-refractivity contribution in [3.63, 3.8) is 0 Å². The zero-order chi connectivity index (χ0) is 11.8. The summed E-state index contributed by atoms with van der Waals surface area (Å²) in [5.74, 6) is 0.0500. The molecule has 2 N–H and O–H groups in total. The summed E-state index contributed by atoms with van der Waals surface area (Å²) in [5, 5.41) is 5.95. The van der Waals surface area contributed by atoms with E-state index < -0.39 is 0 Å². The highest BCUT2D eigenvalue weighted by molar-refractivity contribution is 5.80. The summed E-state index contributed by atoms with van der Waals surface area (Å²) in [6.07, 6.45) is 2.14. The van der Waals surface area contributed by atoms with Crippen LogP contribution in [0.3, 0.4) is 0 Å². The van der Waals surface area contributed by atoms with Gasteiger partial charge in [-0.1, -0.05) is 31.0 Å². The number of carbonyl (C=O) groups is 1. The fourth-order valence-corrected chi connectivity index (χ4v) is 1.32. The van der Waals surface area contributed by atoms with Crippen LogP contribution in [0.4, 0.5) is 5.69 Å². The molecule has 3 heteroatoms. The van der Waals surface area contributed by atoms with Crippen LogP contribution in [0.25, 0.3) is 0 Å². The highest BCUT2D eigenvalue weighted by Crippen LogP contribution is 2.07. The standard InChI is InChI=1S/C13H20N2O/c1-3-4-9-14-13(16)10-15-12-7-5-11(2)6-8-12/h5-8,15H,3-4,9-10H2,1-2H3,(H,14,16). The Bertz CT molecular complexity index is 319. The first kappa shape index (κ1) is 12.6. The largest absolute Gasteiger partial charge is 0.376 e. The van der Waals surface area contributed by atoms with E-state index in [0.29, 0.717) is 6.54 Å². The van der Waals surface area contributed by atoms with Crippen LogP contribution in [0.2, 0.25) is 0 Å². The number of amides is 1. The minimum atomic E-state index is 0.0500. The SMILES string of the molecule is CCCCNC(=O)CNc1ccc(C)cc1. The summed E-state index contributed by atoms with van der Waals surface area (Å²) in [6, 6.07) is 8.01. The molecule has 88 valence electrons. The van der Waals surface area contributed by atoms with Crippen LogP contribution in [0.1, 0.15) is 25.3 Å². The maximum Gasteiger partial charge on any atom is 0.239 e. The molecule has 3 nitrogen and oxygen atoms in total. The zero-order valence-electron chi connectivity index (χ0n) is 10.0. The molecule has 0 heterocycles. The van der Waals surface area contributed by atoms with E-state index >= 15 is 0 Å². The van der Waals surface area contributed by atoms with Crippen molar-refractivity contribution in [3.8, 4) is 0 Å². The highest BCUT2D eigenvalue weighted by Gasteiger charge is 1.99. The molecule has 0 saturated carbocycles. The maximum absolute atomic E-state index is 11.4. The van der Waals surface area contributed by atoms with Crippen molar-refractivity contribution in [1.82, 2.24) is 5.32 Å². The number of carbonyl (C=O) groups excluding carboxylic acids is 1. The lowest BCUT2D eigenvalue weighted by molar-refractivity contribution is -0.119. The van der Waals surface area contributed by atoms with E-state index in [1.807, 2.05) is 31.2 Å². The second-order valence-corrected chi connectivity index (χ2v) is 3.92. The summed E-state index contributed by atoms with van der Waals surface area (Å²) in [5.41, 5.74) is 2.20. The first-order chi connectivity index (χ1) is 7.72. The van der Waals surface area contributed by atoms with E-state index in [9.17, 15) is 4.79 Å². The van der Waals surface area contributed by atoms with Gasteiger partial charge in [-0.15, -0.1) is 0 Å². The molecule has 0 aliphatic rings. The van der Waals surface area contributed by atoms with Crippen molar-refractivity contribution in [2.24, 2.45) is 0 Å². The summed E-state index contributed by atoms with van der Waals surface area (Å²) in [6.45, 7) is 5.26. The van der Waals surface area contributed by atoms with Gasteiger partial charge in [0.2, 0.25) is 5.91 Å². The third-order valence-corrected chi connectivity index (χ3v) is 2.36. The monoisotopic (exact) mass is 220 g/mol. The number of rotatable bonds is 6. The van der Waals surface area contributed by atoms with Gasteiger partial charge in [-0.25, -0.2) is 0 Å². The van der Waals surface area contributed by atoms with Gasteiger partial charge >= 0.3 is 0 Å². The number of aryl methyl sites for hydroxylation is 1. The molecule has 1 amide bonds. The first-order valence-corrected chi connectivity index (χ1v) is 5.79. The predicted octanol–water partition coefficient (Wildman–Crippen LogP) is 2.32. The number of nitrogens with one attached hydrogen (secondary N) is 2. The van der Waals surface area contributed by atoms with Gasteiger partial charge in [-0.05, 0) is 25.5 Å². The smallest absolute Gasteiger partial charge is 0.239 e. The Hall–Kier alpha value is -1.51. The Morgan fingerprint density at radius 3 is 2.56 bits per heavy atom. The van der Waals surface area contributed by atoms with Crippen molar-refractivity contribution >= 4 is 11.6 Å². The number of hydrogen-bond donors (Lipinski definition) is 2. The van der Waals surface area contributed by atoms with Gasteiger partial charge in [0.1, 0.15) is 0 Å². The van der Waals surface area contributed by atoms with E-state index in [2.05, 4.69) is 17.6 Å². The second kappa shape index (κ2) is 6.88. The number of hydrogen-bond acceptors (Lipinski definition) is 2.